The predicted octanol–water partition coefficient (Wildman–Crippen LogP) is 4.76. The average molecular weight is 418 g/mol. The first-order valence-electron chi connectivity index (χ1n) is 9.40. The van der Waals surface area contributed by atoms with E-state index in [4.69, 9.17) is 9.15 Å². The number of nitrogens with zero attached hydrogens (tertiary/aromatic N) is 3. The van der Waals surface area contributed by atoms with Gasteiger partial charge in [-0.3, -0.25) is 9.20 Å². The second-order valence-electron chi connectivity index (χ2n) is 6.81. The van der Waals surface area contributed by atoms with Crippen LogP contribution in [0.5, 0.6) is 5.75 Å². The topological polar surface area (TPSA) is 81.7 Å². The zero-order valence-corrected chi connectivity index (χ0v) is 17.1. The molecule has 0 bridgehead atoms. The summed E-state index contributed by atoms with van der Waals surface area (Å²) in [4.78, 5) is 12.9. The largest absolute Gasteiger partial charge is 0.495 e. The molecule has 5 aromatic rings. The molecule has 3 heterocycles. The smallest absolute Gasteiger partial charge is 0.237 e. The summed E-state index contributed by atoms with van der Waals surface area (Å²) in [5, 5.41) is 13.5. The van der Waals surface area contributed by atoms with Gasteiger partial charge in [0.2, 0.25) is 5.91 Å². The SMILES string of the molecule is COc1cc2c(cc1NC(=O)C(C)Sc1nnc3ccccn13)oc1ccccc12. The third-order valence-corrected chi connectivity index (χ3v) is 5.95. The van der Waals surface area contributed by atoms with E-state index in [0.717, 1.165) is 22.0 Å². The fourth-order valence-electron chi connectivity index (χ4n) is 3.36. The molecular weight excluding hydrogens is 400 g/mol. The summed E-state index contributed by atoms with van der Waals surface area (Å²) in [6.45, 7) is 1.83. The van der Waals surface area contributed by atoms with Crippen LogP contribution < -0.4 is 10.1 Å². The van der Waals surface area contributed by atoms with Gasteiger partial charge in [-0.05, 0) is 31.2 Å². The Bertz CT molecular complexity index is 1390. The maximum absolute atomic E-state index is 12.9. The number of hydrogen-bond acceptors (Lipinski definition) is 6. The molecule has 1 unspecified atom stereocenters. The Hall–Kier alpha value is -3.52. The number of rotatable bonds is 5. The lowest BCUT2D eigenvalue weighted by molar-refractivity contribution is -0.115. The number of carbonyl (C=O) groups is 1. The van der Waals surface area contributed by atoms with Gasteiger partial charge in [-0.1, -0.05) is 36.0 Å². The summed E-state index contributed by atoms with van der Waals surface area (Å²) >= 11 is 1.34. The summed E-state index contributed by atoms with van der Waals surface area (Å²) in [5.41, 5.74) is 2.79. The number of fused-ring (bicyclic) bond motifs is 4. The Balaban J connectivity index is 1.42. The van der Waals surface area contributed by atoms with Crippen molar-refractivity contribution in [3.63, 3.8) is 0 Å². The van der Waals surface area contributed by atoms with Crippen molar-refractivity contribution in [3.8, 4) is 5.75 Å². The molecule has 1 atom stereocenters. The Labute approximate surface area is 176 Å². The van der Waals surface area contributed by atoms with E-state index < -0.39 is 5.25 Å². The van der Waals surface area contributed by atoms with Crippen LogP contribution in [0.1, 0.15) is 6.92 Å². The number of methoxy groups -OCH3 is 1. The standard InChI is InChI=1S/C22H18N4O3S/c1-13(30-22-25-24-20-9-5-6-10-26(20)22)21(27)23-16-12-18-15(11-19(16)28-2)14-7-3-4-8-17(14)29-18/h3-13H,1-2H3,(H,23,27). The van der Waals surface area contributed by atoms with Gasteiger partial charge in [0.1, 0.15) is 16.9 Å². The van der Waals surface area contributed by atoms with Gasteiger partial charge < -0.3 is 14.5 Å². The highest BCUT2D eigenvalue weighted by Gasteiger charge is 2.20. The predicted molar refractivity (Wildman–Crippen MR) is 117 cm³/mol. The molecule has 1 amide bonds. The first-order valence-corrected chi connectivity index (χ1v) is 10.3. The quantitative estimate of drug-likeness (QED) is 0.415. The lowest BCUT2D eigenvalue weighted by atomic mass is 10.1. The van der Waals surface area contributed by atoms with E-state index in [1.165, 1.54) is 11.8 Å². The van der Waals surface area contributed by atoms with Crippen molar-refractivity contribution < 1.29 is 13.9 Å². The molecule has 0 spiro atoms. The van der Waals surface area contributed by atoms with Crippen LogP contribution in [0.15, 0.2) is 70.4 Å². The fraction of sp³-hybridized carbons (Fsp3) is 0.136. The average Bonchev–Trinajstić information content (AvgIpc) is 3.34. The molecule has 0 aliphatic heterocycles. The molecular formula is C22H18N4O3S. The number of para-hydroxylation sites is 1. The number of hydrogen-bond donors (Lipinski definition) is 1. The number of benzene rings is 2. The van der Waals surface area contributed by atoms with Gasteiger partial charge in [0, 0.05) is 23.0 Å². The van der Waals surface area contributed by atoms with Gasteiger partial charge in [0.25, 0.3) is 0 Å². The van der Waals surface area contributed by atoms with Crippen LogP contribution in [0.4, 0.5) is 5.69 Å². The minimum Gasteiger partial charge on any atom is -0.495 e. The molecule has 150 valence electrons. The van der Waals surface area contributed by atoms with E-state index in [1.807, 2.05) is 66.1 Å². The molecule has 0 saturated heterocycles. The van der Waals surface area contributed by atoms with Gasteiger partial charge in [-0.15, -0.1) is 10.2 Å². The van der Waals surface area contributed by atoms with Crippen LogP contribution in [-0.4, -0.2) is 32.9 Å². The molecule has 2 aromatic carbocycles. The number of furan rings is 1. The van der Waals surface area contributed by atoms with Crippen molar-refractivity contribution in [2.75, 3.05) is 12.4 Å². The minimum atomic E-state index is -0.395. The van der Waals surface area contributed by atoms with Gasteiger partial charge in [0.05, 0.1) is 18.0 Å². The zero-order valence-electron chi connectivity index (χ0n) is 16.3. The van der Waals surface area contributed by atoms with Crippen LogP contribution >= 0.6 is 11.8 Å². The summed E-state index contributed by atoms with van der Waals surface area (Å²) in [5.74, 6) is 0.411. The van der Waals surface area contributed by atoms with E-state index in [0.29, 0.717) is 22.2 Å². The number of amides is 1. The number of ether oxygens (including phenoxy) is 1. The van der Waals surface area contributed by atoms with Crippen molar-refractivity contribution in [2.24, 2.45) is 0 Å². The van der Waals surface area contributed by atoms with Crippen LogP contribution in [0, 0.1) is 0 Å². The highest BCUT2D eigenvalue weighted by molar-refractivity contribution is 8.00. The summed E-state index contributed by atoms with van der Waals surface area (Å²) in [6.07, 6.45) is 1.88. The third-order valence-electron chi connectivity index (χ3n) is 4.89. The van der Waals surface area contributed by atoms with Crippen LogP contribution in [0.3, 0.4) is 0 Å². The van der Waals surface area contributed by atoms with Gasteiger partial charge in [-0.25, -0.2) is 0 Å². The minimum absolute atomic E-state index is 0.165. The molecule has 7 nitrogen and oxygen atoms in total. The second kappa shape index (κ2) is 7.38. The third kappa shape index (κ3) is 3.15. The Morgan fingerprint density at radius 2 is 1.93 bits per heavy atom. The number of nitrogens with one attached hydrogen (secondary N) is 1. The zero-order chi connectivity index (χ0) is 20.7. The number of thioether (sulfide) groups is 1. The van der Waals surface area contributed by atoms with E-state index >= 15 is 0 Å². The number of carbonyl (C=O) groups excluding carboxylic acids is 1. The molecule has 30 heavy (non-hydrogen) atoms. The van der Waals surface area contributed by atoms with Crippen molar-refractivity contribution in [1.82, 2.24) is 14.6 Å². The highest BCUT2D eigenvalue weighted by atomic mass is 32.2. The van der Waals surface area contributed by atoms with Crippen LogP contribution in [0.25, 0.3) is 27.6 Å². The molecule has 8 heteroatoms. The van der Waals surface area contributed by atoms with E-state index in [-0.39, 0.29) is 5.91 Å². The van der Waals surface area contributed by atoms with E-state index in [9.17, 15) is 4.79 Å². The number of pyridine rings is 1. The van der Waals surface area contributed by atoms with Crippen molar-refractivity contribution in [1.29, 1.82) is 0 Å². The van der Waals surface area contributed by atoms with Crippen molar-refractivity contribution in [3.05, 3.63) is 60.8 Å². The molecule has 0 fully saturated rings. The molecule has 0 aliphatic carbocycles. The Morgan fingerprint density at radius 3 is 2.80 bits per heavy atom. The highest BCUT2D eigenvalue weighted by Crippen LogP contribution is 2.36. The number of aromatic nitrogens is 3. The van der Waals surface area contributed by atoms with E-state index in [2.05, 4.69) is 15.5 Å². The van der Waals surface area contributed by atoms with Gasteiger partial charge in [-0.2, -0.15) is 0 Å². The maximum Gasteiger partial charge on any atom is 0.237 e. The first-order chi connectivity index (χ1) is 14.6. The summed E-state index contributed by atoms with van der Waals surface area (Å²) in [7, 11) is 1.58. The molecule has 0 aliphatic rings. The lowest BCUT2D eigenvalue weighted by Crippen LogP contribution is -2.23. The summed E-state index contributed by atoms with van der Waals surface area (Å²) in [6, 6.07) is 17.2. The molecule has 5 rings (SSSR count). The monoisotopic (exact) mass is 418 g/mol. The van der Waals surface area contributed by atoms with E-state index in [1.54, 1.807) is 13.2 Å². The lowest BCUT2D eigenvalue weighted by Gasteiger charge is -2.13. The Morgan fingerprint density at radius 1 is 1.10 bits per heavy atom. The second-order valence-corrected chi connectivity index (χ2v) is 8.12. The van der Waals surface area contributed by atoms with Gasteiger partial charge in [0.15, 0.2) is 10.8 Å². The van der Waals surface area contributed by atoms with Crippen molar-refractivity contribution >= 4 is 50.9 Å². The van der Waals surface area contributed by atoms with Crippen molar-refractivity contribution in [2.45, 2.75) is 17.3 Å². The fourth-order valence-corrected chi connectivity index (χ4v) is 4.20. The number of anilines is 1. The van der Waals surface area contributed by atoms with Crippen LogP contribution in [0.2, 0.25) is 0 Å². The molecule has 3 aromatic heterocycles. The molecule has 1 N–H and O–H groups in total. The Kier molecular flexibility index (Phi) is 4.55. The van der Waals surface area contributed by atoms with Gasteiger partial charge >= 0.3 is 0 Å². The molecule has 0 radical (unpaired) electrons. The first kappa shape index (κ1) is 18.5. The molecule has 0 saturated carbocycles. The summed E-state index contributed by atoms with van der Waals surface area (Å²) < 4.78 is 13.3. The maximum atomic E-state index is 12.9. The van der Waals surface area contributed by atoms with Crippen LogP contribution in [-0.2, 0) is 4.79 Å². The normalized spacial score (nSPS) is 12.5.